The fourth-order valence-corrected chi connectivity index (χ4v) is 4.42. The maximum Gasteiger partial charge on any atom is 0.261 e. The summed E-state index contributed by atoms with van der Waals surface area (Å²) in [7, 11) is 0. The number of aromatic amines is 1. The minimum Gasteiger partial charge on any atom is -0.356 e. The predicted octanol–water partition coefficient (Wildman–Crippen LogP) is 5.11. The summed E-state index contributed by atoms with van der Waals surface area (Å²) in [6.07, 6.45) is 0.659. The molecule has 2 heterocycles. The van der Waals surface area contributed by atoms with Gasteiger partial charge in [0.05, 0.1) is 10.4 Å². The molecule has 0 fully saturated rings. The zero-order valence-electron chi connectivity index (χ0n) is 14.7. The van der Waals surface area contributed by atoms with Gasteiger partial charge in [-0.2, -0.15) is 0 Å². The number of benzene rings is 2. The highest BCUT2D eigenvalue weighted by atomic mass is 32.1. The molecule has 2 N–H and O–H groups in total. The van der Waals surface area contributed by atoms with Crippen molar-refractivity contribution in [1.82, 2.24) is 10.3 Å². The van der Waals surface area contributed by atoms with Crippen LogP contribution in [0.15, 0.2) is 42.5 Å². The zero-order valence-corrected chi connectivity index (χ0v) is 15.5. The first-order valence-corrected chi connectivity index (χ1v) is 9.39. The third kappa shape index (κ3) is 2.88. The summed E-state index contributed by atoms with van der Waals surface area (Å²) in [6, 6.07) is 13.2. The fourth-order valence-electron chi connectivity index (χ4n) is 3.44. The van der Waals surface area contributed by atoms with Gasteiger partial charge < -0.3 is 10.3 Å². The van der Waals surface area contributed by atoms with E-state index in [2.05, 4.69) is 10.3 Å². The number of fused-ring (bicyclic) bond motifs is 2. The second-order valence-electron chi connectivity index (χ2n) is 6.50. The van der Waals surface area contributed by atoms with E-state index in [1.807, 2.05) is 44.2 Å². The molecule has 0 bridgehead atoms. The number of aromatic nitrogens is 1. The Morgan fingerprint density at radius 1 is 1.19 bits per heavy atom. The molecule has 0 saturated carbocycles. The largest absolute Gasteiger partial charge is 0.356 e. The van der Waals surface area contributed by atoms with E-state index >= 15 is 0 Å². The highest BCUT2D eigenvalue weighted by molar-refractivity contribution is 7.20. The molecule has 0 aliphatic heterocycles. The molecule has 3 nitrogen and oxygen atoms in total. The number of hydrogen-bond donors (Lipinski definition) is 2. The summed E-state index contributed by atoms with van der Waals surface area (Å²) < 4.78 is 15.1. The third-order valence-electron chi connectivity index (χ3n) is 4.74. The maximum atomic E-state index is 14.0. The van der Waals surface area contributed by atoms with Crippen LogP contribution in [0.25, 0.3) is 21.0 Å². The number of amides is 1. The van der Waals surface area contributed by atoms with Crippen LogP contribution in [0.4, 0.5) is 4.39 Å². The third-order valence-corrected chi connectivity index (χ3v) is 5.85. The molecule has 0 aliphatic carbocycles. The average Bonchev–Trinajstić information content (AvgIpc) is 3.20. The van der Waals surface area contributed by atoms with Gasteiger partial charge in [-0.05, 0) is 55.0 Å². The molecule has 132 valence electrons. The van der Waals surface area contributed by atoms with E-state index in [1.54, 1.807) is 6.07 Å². The van der Waals surface area contributed by atoms with Crippen molar-refractivity contribution in [3.05, 3.63) is 70.0 Å². The van der Waals surface area contributed by atoms with Crippen molar-refractivity contribution in [2.24, 2.45) is 0 Å². The molecule has 2 aromatic carbocycles. The Balaban J connectivity index is 1.51. The minimum absolute atomic E-state index is 0.0633. The van der Waals surface area contributed by atoms with E-state index < -0.39 is 0 Å². The number of nitrogens with one attached hydrogen (secondary N) is 2. The first-order valence-electron chi connectivity index (χ1n) is 8.57. The van der Waals surface area contributed by atoms with Crippen molar-refractivity contribution in [3.8, 4) is 0 Å². The highest BCUT2D eigenvalue weighted by Crippen LogP contribution is 2.28. The molecule has 26 heavy (non-hydrogen) atoms. The van der Waals surface area contributed by atoms with Gasteiger partial charge in [0.1, 0.15) is 5.82 Å². The Labute approximate surface area is 154 Å². The van der Waals surface area contributed by atoms with E-state index in [9.17, 15) is 9.18 Å². The number of hydrogen-bond acceptors (Lipinski definition) is 2. The number of halogens is 1. The molecule has 0 atom stereocenters. The maximum absolute atomic E-state index is 14.0. The van der Waals surface area contributed by atoms with Crippen LogP contribution in [0.3, 0.4) is 0 Å². The van der Waals surface area contributed by atoms with Crippen LogP contribution in [-0.4, -0.2) is 17.4 Å². The molecule has 4 rings (SSSR count). The molecule has 0 radical (unpaired) electrons. The van der Waals surface area contributed by atoms with Crippen molar-refractivity contribution in [2.45, 2.75) is 20.3 Å². The first-order chi connectivity index (χ1) is 12.5. The summed E-state index contributed by atoms with van der Waals surface area (Å²) in [4.78, 5) is 16.3. The molecule has 2 aromatic heterocycles. The van der Waals surface area contributed by atoms with Gasteiger partial charge in [0.2, 0.25) is 0 Å². The van der Waals surface area contributed by atoms with Gasteiger partial charge in [-0.3, -0.25) is 4.79 Å². The summed E-state index contributed by atoms with van der Waals surface area (Å²) >= 11 is 1.50. The zero-order chi connectivity index (χ0) is 18.3. The van der Waals surface area contributed by atoms with Crippen LogP contribution in [0.2, 0.25) is 0 Å². The lowest BCUT2D eigenvalue weighted by Crippen LogP contribution is -2.25. The smallest absolute Gasteiger partial charge is 0.261 e. The van der Waals surface area contributed by atoms with E-state index in [1.165, 1.54) is 17.4 Å². The molecule has 0 spiro atoms. The van der Waals surface area contributed by atoms with Crippen LogP contribution in [-0.2, 0) is 6.42 Å². The quantitative estimate of drug-likeness (QED) is 0.518. The topological polar surface area (TPSA) is 44.9 Å². The molecule has 5 heteroatoms. The Bertz CT molecular complexity index is 1090. The van der Waals surface area contributed by atoms with Gasteiger partial charge in [-0.15, -0.1) is 11.3 Å². The van der Waals surface area contributed by atoms with E-state index in [0.717, 1.165) is 32.3 Å². The van der Waals surface area contributed by atoms with Gasteiger partial charge in [-0.1, -0.05) is 24.3 Å². The Morgan fingerprint density at radius 3 is 2.81 bits per heavy atom. The lowest BCUT2D eigenvalue weighted by Gasteiger charge is -2.06. The Kier molecular flexibility index (Phi) is 4.24. The normalized spacial score (nSPS) is 11.3. The molecule has 0 unspecified atom stereocenters. The summed E-state index contributed by atoms with van der Waals surface area (Å²) in [5, 5.41) is 5.00. The van der Waals surface area contributed by atoms with Crippen LogP contribution >= 0.6 is 11.3 Å². The number of carbonyl (C=O) groups is 1. The number of H-pyrrole nitrogens is 1. The summed E-state index contributed by atoms with van der Waals surface area (Å²) in [5.74, 6) is -0.305. The van der Waals surface area contributed by atoms with Gasteiger partial charge in [0.25, 0.3) is 5.91 Å². The summed E-state index contributed by atoms with van der Waals surface area (Å²) in [6.45, 7) is 4.44. The number of rotatable bonds is 4. The second kappa shape index (κ2) is 6.57. The van der Waals surface area contributed by atoms with Crippen molar-refractivity contribution in [1.29, 1.82) is 0 Å². The molecule has 0 saturated heterocycles. The summed E-state index contributed by atoms with van der Waals surface area (Å²) in [5.41, 5.74) is 3.60. The number of thiophene rings is 1. The first kappa shape index (κ1) is 16.8. The molecule has 1 amide bonds. The Hall–Kier alpha value is -2.66. The lowest BCUT2D eigenvalue weighted by molar-refractivity contribution is 0.0958. The fraction of sp³-hybridized carbons (Fsp3) is 0.190. The molecule has 0 aliphatic rings. The Morgan fingerprint density at radius 2 is 2.00 bits per heavy atom. The average molecular weight is 366 g/mol. The van der Waals surface area contributed by atoms with Gasteiger partial charge in [0, 0.05) is 22.3 Å². The molecule has 4 aromatic rings. The van der Waals surface area contributed by atoms with Crippen LogP contribution in [0.5, 0.6) is 0 Å². The molecular formula is C21H19FN2OS. The SMILES string of the molecule is Cc1[nH]c2c(F)ccc(C)c2c1CCNC(=O)c1cc2ccccc2s1. The monoisotopic (exact) mass is 366 g/mol. The van der Waals surface area contributed by atoms with Gasteiger partial charge in [0.15, 0.2) is 0 Å². The predicted molar refractivity (Wildman–Crippen MR) is 106 cm³/mol. The second-order valence-corrected chi connectivity index (χ2v) is 7.58. The van der Waals surface area contributed by atoms with E-state index in [4.69, 9.17) is 0 Å². The van der Waals surface area contributed by atoms with Crippen LogP contribution in [0.1, 0.15) is 26.5 Å². The van der Waals surface area contributed by atoms with Crippen LogP contribution in [0, 0.1) is 19.7 Å². The van der Waals surface area contributed by atoms with Crippen molar-refractivity contribution >= 4 is 38.2 Å². The molecular weight excluding hydrogens is 347 g/mol. The number of carbonyl (C=O) groups excluding carboxylic acids is 1. The van der Waals surface area contributed by atoms with Crippen molar-refractivity contribution < 1.29 is 9.18 Å². The number of aryl methyl sites for hydroxylation is 2. The standard InChI is InChI=1S/C21H19FN2OS/c1-12-7-8-16(22)20-19(12)15(13(2)24-20)9-10-23-21(25)18-11-14-5-3-4-6-17(14)26-18/h3-8,11,24H,9-10H2,1-2H3,(H,23,25). The van der Waals surface area contributed by atoms with Gasteiger partial charge in [-0.25, -0.2) is 4.39 Å². The van der Waals surface area contributed by atoms with Crippen molar-refractivity contribution in [3.63, 3.8) is 0 Å². The lowest BCUT2D eigenvalue weighted by atomic mass is 10.0. The minimum atomic E-state index is -0.241. The van der Waals surface area contributed by atoms with Gasteiger partial charge >= 0.3 is 0 Å². The van der Waals surface area contributed by atoms with Crippen molar-refractivity contribution in [2.75, 3.05) is 6.54 Å². The highest BCUT2D eigenvalue weighted by Gasteiger charge is 2.15. The van der Waals surface area contributed by atoms with E-state index in [-0.39, 0.29) is 11.7 Å². The van der Waals surface area contributed by atoms with Crippen LogP contribution < -0.4 is 5.32 Å². The van der Waals surface area contributed by atoms with E-state index in [0.29, 0.717) is 23.4 Å².